The summed E-state index contributed by atoms with van der Waals surface area (Å²) in [6.07, 6.45) is 8.55. The summed E-state index contributed by atoms with van der Waals surface area (Å²) < 4.78 is 13.6. The van der Waals surface area contributed by atoms with Crippen LogP contribution >= 0.6 is 0 Å². The van der Waals surface area contributed by atoms with Gasteiger partial charge in [0.15, 0.2) is 0 Å². The van der Waals surface area contributed by atoms with Crippen molar-refractivity contribution in [3.05, 3.63) is 0 Å². The van der Waals surface area contributed by atoms with Crippen LogP contribution in [0, 0.1) is 0 Å². The summed E-state index contributed by atoms with van der Waals surface area (Å²) in [4.78, 5) is 0. The van der Waals surface area contributed by atoms with Crippen LogP contribution in [-0.2, 0) is 0 Å². The summed E-state index contributed by atoms with van der Waals surface area (Å²) >= 11 is 0. The van der Waals surface area contributed by atoms with Gasteiger partial charge in [-0.1, -0.05) is 52.4 Å². The highest BCUT2D eigenvalue weighted by Gasteiger charge is 2.20. The van der Waals surface area contributed by atoms with Crippen molar-refractivity contribution < 1.29 is 4.39 Å². The average molecular weight is 188 g/mol. The quantitative estimate of drug-likeness (QED) is 0.476. The molecule has 0 saturated heterocycles. The maximum Gasteiger partial charge on any atom is 0.108 e. The Hall–Kier alpha value is -0.0700. The van der Waals surface area contributed by atoms with Crippen molar-refractivity contribution in [3.63, 3.8) is 0 Å². The van der Waals surface area contributed by atoms with Crippen molar-refractivity contribution in [1.82, 2.24) is 0 Å². The number of hydrogen-bond donors (Lipinski definition) is 0. The van der Waals surface area contributed by atoms with E-state index in [2.05, 4.69) is 13.8 Å². The third kappa shape index (κ3) is 8.27. The molecule has 1 atom stereocenters. The van der Waals surface area contributed by atoms with Crippen LogP contribution in [0.25, 0.3) is 0 Å². The first-order valence-corrected chi connectivity index (χ1v) is 5.81. The van der Waals surface area contributed by atoms with Crippen molar-refractivity contribution in [2.24, 2.45) is 0 Å². The number of unbranched alkanes of at least 4 members (excludes halogenated alkanes) is 4. The molecular weight excluding hydrogens is 163 g/mol. The summed E-state index contributed by atoms with van der Waals surface area (Å²) in [5.74, 6) is 0. The summed E-state index contributed by atoms with van der Waals surface area (Å²) in [7, 11) is 0. The van der Waals surface area contributed by atoms with E-state index < -0.39 is 5.67 Å². The minimum atomic E-state index is -0.902. The molecule has 0 heterocycles. The van der Waals surface area contributed by atoms with E-state index in [9.17, 15) is 4.39 Å². The summed E-state index contributed by atoms with van der Waals surface area (Å²) in [6.45, 7) is 6.00. The Morgan fingerprint density at radius 1 is 0.846 bits per heavy atom. The molecule has 0 aliphatic carbocycles. The smallest absolute Gasteiger partial charge is 0.108 e. The number of halogens is 1. The Bertz CT molecular complexity index is 108. The molecule has 0 aromatic rings. The molecule has 0 nitrogen and oxygen atoms in total. The van der Waals surface area contributed by atoms with Crippen molar-refractivity contribution in [1.29, 1.82) is 0 Å². The second-order valence-electron chi connectivity index (χ2n) is 4.33. The third-order valence-corrected chi connectivity index (χ3v) is 2.57. The topological polar surface area (TPSA) is 0 Å². The average Bonchev–Trinajstić information content (AvgIpc) is 2.04. The molecule has 0 amide bonds. The lowest BCUT2D eigenvalue weighted by Crippen LogP contribution is -2.16. The van der Waals surface area contributed by atoms with Crippen molar-refractivity contribution in [2.45, 2.75) is 77.8 Å². The maximum atomic E-state index is 13.6. The fourth-order valence-corrected chi connectivity index (χ4v) is 1.74. The molecular formula is C12H25F. The van der Waals surface area contributed by atoms with Gasteiger partial charge < -0.3 is 0 Å². The molecule has 0 aromatic heterocycles. The summed E-state index contributed by atoms with van der Waals surface area (Å²) in [5.41, 5.74) is -0.902. The van der Waals surface area contributed by atoms with E-state index in [1.165, 1.54) is 25.7 Å². The van der Waals surface area contributed by atoms with Gasteiger partial charge >= 0.3 is 0 Å². The molecule has 13 heavy (non-hydrogen) atoms. The van der Waals surface area contributed by atoms with Crippen LogP contribution in [0.4, 0.5) is 4.39 Å². The van der Waals surface area contributed by atoms with Crippen LogP contribution in [0.15, 0.2) is 0 Å². The third-order valence-electron chi connectivity index (χ3n) is 2.57. The lowest BCUT2D eigenvalue weighted by molar-refractivity contribution is 0.155. The Kier molecular flexibility index (Phi) is 7.31. The standard InChI is InChI=1S/C12H25F/c1-4-6-7-8-9-11-12(3,13)10-5-2/h4-11H2,1-3H3. The molecule has 0 saturated carbocycles. The normalized spacial score (nSPS) is 15.7. The van der Waals surface area contributed by atoms with E-state index in [0.717, 1.165) is 25.7 Å². The lowest BCUT2D eigenvalue weighted by Gasteiger charge is -2.19. The zero-order valence-corrected chi connectivity index (χ0v) is 9.53. The first-order valence-electron chi connectivity index (χ1n) is 5.81. The first-order chi connectivity index (χ1) is 6.12. The van der Waals surface area contributed by atoms with Gasteiger partial charge in [-0.05, 0) is 19.8 Å². The minimum Gasteiger partial charge on any atom is -0.244 e. The second-order valence-corrected chi connectivity index (χ2v) is 4.33. The predicted molar refractivity (Wildman–Crippen MR) is 57.8 cm³/mol. The monoisotopic (exact) mass is 188 g/mol. The second kappa shape index (κ2) is 7.34. The molecule has 0 aromatic carbocycles. The molecule has 0 aliphatic heterocycles. The highest BCUT2D eigenvalue weighted by atomic mass is 19.1. The van der Waals surface area contributed by atoms with Gasteiger partial charge in [0, 0.05) is 0 Å². The number of rotatable bonds is 8. The van der Waals surface area contributed by atoms with E-state index in [0.29, 0.717) is 0 Å². The highest BCUT2D eigenvalue weighted by Crippen LogP contribution is 2.24. The Labute approximate surface area is 82.9 Å². The van der Waals surface area contributed by atoms with Crippen LogP contribution in [0.2, 0.25) is 0 Å². The molecule has 0 spiro atoms. The molecule has 1 heteroatoms. The van der Waals surface area contributed by atoms with Crippen LogP contribution in [-0.4, -0.2) is 5.67 Å². The predicted octanol–water partition coefficient (Wildman–Crippen LogP) is 4.88. The van der Waals surface area contributed by atoms with Crippen LogP contribution in [0.1, 0.15) is 72.1 Å². The molecule has 0 aliphatic rings. The van der Waals surface area contributed by atoms with Gasteiger partial charge in [-0.15, -0.1) is 0 Å². The number of alkyl halides is 1. The zero-order valence-electron chi connectivity index (χ0n) is 9.53. The fourth-order valence-electron chi connectivity index (χ4n) is 1.74. The Morgan fingerprint density at radius 2 is 1.46 bits per heavy atom. The molecule has 1 unspecified atom stereocenters. The zero-order chi connectivity index (χ0) is 10.2. The van der Waals surface area contributed by atoms with Crippen LogP contribution in [0.3, 0.4) is 0 Å². The molecule has 0 fully saturated rings. The lowest BCUT2D eigenvalue weighted by atomic mass is 9.95. The van der Waals surface area contributed by atoms with E-state index in [4.69, 9.17) is 0 Å². The maximum absolute atomic E-state index is 13.6. The van der Waals surface area contributed by atoms with Gasteiger partial charge in [0.05, 0.1) is 0 Å². The van der Waals surface area contributed by atoms with Gasteiger partial charge in [-0.3, -0.25) is 0 Å². The Balaban J connectivity index is 3.29. The molecule has 0 radical (unpaired) electrons. The van der Waals surface area contributed by atoms with Crippen molar-refractivity contribution in [3.8, 4) is 0 Å². The van der Waals surface area contributed by atoms with E-state index in [1.54, 1.807) is 6.92 Å². The van der Waals surface area contributed by atoms with Gasteiger partial charge in [0.2, 0.25) is 0 Å². The number of hydrogen-bond acceptors (Lipinski definition) is 0. The van der Waals surface area contributed by atoms with Crippen LogP contribution in [0.5, 0.6) is 0 Å². The van der Waals surface area contributed by atoms with Gasteiger partial charge in [-0.2, -0.15) is 0 Å². The largest absolute Gasteiger partial charge is 0.244 e. The van der Waals surface area contributed by atoms with Gasteiger partial charge in [0.1, 0.15) is 5.67 Å². The fraction of sp³-hybridized carbons (Fsp3) is 1.00. The van der Waals surface area contributed by atoms with Gasteiger partial charge in [0.25, 0.3) is 0 Å². The van der Waals surface area contributed by atoms with E-state index in [1.807, 2.05) is 0 Å². The molecule has 0 N–H and O–H groups in total. The molecule has 80 valence electrons. The minimum absolute atomic E-state index is 0.723. The van der Waals surface area contributed by atoms with Crippen LogP contribution < -0.4 is 0 Å². The summed E-state index contributed by atoms with van der Waals surface area (Å²) in [6, 6.07) is 0. The van der Waals surface area contributed by atoms with Gasteiger partial charge in [-0.25, -0.2) is 4.39 Å². The van der Waals surface area contributed by atoms with E-state index in [-0.39, 0.29) is 0 Å². The summed E-state index contributed by atoms with van der Waals surface area (Å²) in [5, 5.41) is 0. The van der Waals surface area contributed by atoms with Crippen molar-refractivity contribution in [2.75, 3.05) is 0 Å². The van der Waals surface area contributed by atoms with Crippen molar-refractivity contribution >= 4 is 0 Å². The first kappa shape index (κ1) is 12.9. The molecule has 0 bridgehead atoms. The Morgan fingerprint density at radius 3 is 2.00 bits per heavy atom. The highest BCUT2D eigenvalue weighted by molar-refractivity contribution is 4.71. The molecule has 0 rings (SSSR count). The SMILES string of the molecule is CCCCCCCC(C)(F)CCC. The van der Waals surface area contributed by atoms with E-state index >= 15 is 0 Å².